The summed E-state index contributed by atoms with van der Waals surface area (Å²) in [5.74, 6) is 0.890. The minimum atomic E-state index is 0.181. The molecule has 0 spiro atoms. The van der Waals surface area contributed by atoms with Crippen LogP contribution in [0, 0.1) is 0 Å². The van der Waals surface area contributed by atoms with Gasteiger partial charge in [-0.3, -0.25) is 4.90 Å². The van der Waals surface area contributed by atoms with E-state index in [9.17, 15) is 0 Å². The van der Waals surface area contributed by atoms with Gasteiger partial charge in [0.1, 0.15) is 5.82 Å². The molecule has 3 N–H and O–H groups in total. The molecule has 2 aromatic rings. The number of hydrogen-bond acceptors (Lipinski definition) is 3. The number of imidazole rings is 1. The largest absolute Gasteiger partial charge is 0.341 e. The van der Waals surface area contributed by atoms with Gasteiger partial charge in [0.15, 0.2) is 0 Å². The van der Waals surface area contributed by atoms with Gasteiger partial charge in [0.25, 0.3) is 0 Å². The molecule has 90 valence electrons. The topological polar surface area (TPSA) is 57.9 Å². The van der Waals surface area contributed by atoms with Crippen LogP contribution >= 0.6 is 0 Å². The third-order valence-electron chi connectivity index (χ3n) is 2.85. The summed E-state index contributed by atoms with van der Waals surface area (Å²) in [6.07, 6.45) is 1.86. The average molecular weight is 230 g/mol. The van der Waals surface area contributed by atoms with E-state index < -0.39 is 0 Å². The molecule has 0 aliphatic heterocycles. The monoisotopic (exact) mass is 230 g/mol. The van der Waals surface area contributed by atoms with Crippen molar-refractivity contribution < 1.29 is 0 Å². The van der Waals surface area contributed by atoms with Crippen molar-refractivity contribution in [2.45, 2.75) is 6.04 Å². The highest BCUT2D eigenvalue weighted by Gasteiger charge is 2.14. The molecule has 1 aromatic heterocycles. The van der Waals surface area contributed by atoms with E-state index in [1.807, 2.05) is 50.6 Å². The van der Waals surface area contributed by atoms with Gasteiger partial charge in [-0.15, -0.1) is 0 Å². The standard InChI is InChI=1S/C13H18N4/c1-17(2)12(8-14)11-9-15-13(16-11)10-6-4-3-5-7-10/h3-7,9,12H,8,14H2,1-2H3,(H,15,16). The first-order chi connectivity index (χ1) is 8.22. The number of nitrogens with one attached hydrogen (secondary N) is 1. The second-order valence-corrected chi connectivity index (χ2v) is 4.27. The lowest BCUT2D eigenvalue weighted by Crippen LogP contribution is -2.27. The van der Waals surface area contributed by atoms with Gasteiger partial charge in [0, 0.05) is 12.1 Å². The van der Waals surface area contributed by atoms with Crippen molar-refractivity contribution in [2.75, 3.05) is 20.6 Å². The van der Waals surface area contributed by atoms with Gasteiger partial charge in [0.05, 0.1) is 17.9 Å². The van der Waals surface area contributed by atoms with Crippen LogP contribution in [0.2, 0.25) is 0 Å². The van der Waals surface area contributed by atoms with Crippen LogP contribution in [-0.2, 0) is 0 Å². The van der Waals surface area contributed by atoms with Gasteiger partial charge in [0.2, 0.25) is 0 Å². The minimum absolute atomic E-state index is 0.181. The quantitative estimate of drug-likeness (QED) is 0.839. The summed E-state index contributed by atoms with van der Waals surface area (Å²) in [6.45, 7) is 0.573. The van der Waals surface area contributed by atoms with Crippen molar-refractivity contribution in [3.8, 4) is 11.4 Å². The lowest BCUT2D eigenvalue weighted by Gasteiger charge is -2.20. The average Bonchev–Trinajstić information content (AvgIpc) is 2.80. The maximum atomic E-state index is 5.76. The summed E-state index contributed by atoms with van der Waals surface area (Å²) < 4.78 is 0. The highest BCUT2D eigenvalue weighted by Crippen LogP contribution is 2.20. The van der Waals surface area contributed by atoms with E-state index in [0.29, 0.717) is 6.54 Å². The van der Waals surface area contributed by atoms with Gasteiger partial charge in [-0.25, -0.2) is 4.98 Å². The lowest BCUT2D eigenvalue weighted by atomic mass is 10.2. The van der Waals surface area contributed by atoms with Crippen molar-refractivity contribution in [3.05, 3.63) is 42.2 Å². The molecule has 0 fully saturated rings. The summed E-state index contributed by atoms with van der Waals surface area (Å²) in [5, 5.41) is 0. The molecule has 1 heterocycles. The van der Waals surface area contributed by atoms with Crippen LogP contribution in [0.5, 0.6) is 0 Å². The Bertz CT molecular complexity index is 461. The van der Waals surface area contributed by atoms with Gasteiger partial charge in [-0.1, -0.05) is 30.3 Å². The van der Waals surface area contributed by atoms with Crippen molar-refractivity contribution in [1.82, 2.24) is 14.9 Å². The van der Waals surface area contributed by atoms with E-state index in [2.05, 4.69) is 14.9 Å². The van der Waals surface area contributed by atoms with E-state index in [-0.39, 0.29) is 6.04 Å². The maximum absolute atomic E-state index is 5.76. The Morgan fingerprint density at radius 2 is 2.00 bits per heavy atom. The number of H-pyrrole nitrogens is 1. The third-order valence-corrected chi connectivity index (χ3v) is 2.85. The highest BCUT2D eigenvalue weighted by molar-refractivity contribution is 5.54. The molecule has 4 heteroatoms. The van der Waals surface area contributed by atoms with Crippen molar-refractivity contribution in [2.24, 2.45) is 5.73 Å². The number of aromatic nitrogens is 2. The van der Waals surface area contributed by atoms with E-state index in [0.717, 1.165) is 17.1 Å². The summed E-state index contributed by atoms with van der Waals surface area (Å²) >= 11 is 0. The van der Waals surface area contributed by atoms with E-state index in [4.69, 9.17) is 5.73 Å². The van der Waals surface area contributed by atoms with Gasteiger partial charge < -0.3 is 10.7 Å². The summed E-state index contributed by atoms with van der Waals surface area (Å²) in [6, 6.07) is 10.3. The minimum Gasteiger partial charge on any atom is -0.341 e. The molecule has 0 saturated heterocycles. The molecule has 0 aliphatic carbocycles. The fraction of sp³-hybridized carbons (Fsp3) is 0.308. The SMILES string of the molecule is CN(C)C(CN)c1cnc(-c2ccccc2)[nH]1. The fourth-order valence-electron chi connectivity index (χ4n) is 1.86. The summed E-state index contributed by atoms with van der Waals surface area (Å²) in [7, 11) is 4.03. The Labute approximate surface area is 101 Å². The molecule has 1 unspecified atom stereocenters. The Kier molecular flexibility index (Phi) is 3.56. The maximum Gasteiger partial charge on any atom is 0.137 e. The van der Waals surface area contributed by atoms with Crippen LogP contribution in [-0.4, -0.2) is 35.5 Å². The molecule has 17 heavy (non-hydrogen) atoms. The first kappa shape index (κ1) is 11.8. The molecule has 0 amide bonds. The second kappa shape index (κ2) is 5.12. The van der Waals surface area contributed by atoms with E-state index in [1.54, 1.807) is 0 Å². The molecule has 1 aromatic carbocycles. The molecule has 4 nitrogen and oxygen atoms in total. The summed E-state index contributed by atoms with van der Waals surface area (Å²) in [5.41, 5.74) is 7.91. The number of nitrogens with two attached hydrogens (primary N) is 1. The zero-order valence-corrected chi connectivity index (χ0v) is 10.2. The van der Waals surface area contributed by atoms with Crippen LogP contribution < -0.4 is 5.73 Å². The molecule has 0 saturated carbocycles. The van der Waals surface area contributed by atoms with Crippen LogP contribution in [0.1, 0.15) is 11.7 Å². The zero-order chi connectivity index (χ0) is 12.3. The molecule has 0 bridgehead atoms. The fourth-order valence-corrected chi connectivity index (χ4v) is 1.86. The van der Waals surface area contributed by atoms with Gasteiger partial charge >= 0.3 is 0 Å². The number of aromatic amines is 1. The first-order valence-corrected chi connectivity index (χ1v) is 5.69. The van der Waals surface area contributed by atoms with Crippen molar-refractivity contribution >= 4 is 0 Å². The third kappa shape index (κ3) is 2.54. The molecule has 0 radical (unpaired) electrons. The van der Waals surface area contributed by atoms with E-state index >= 15 is 0 Å². The van der Waals surface area contributed by atoms with Gasteiger partial charge in [-0.2, -0.15) is 0 Å². The van der Waals surface area contributed by atoms with Crippen molar-refractivity contribution in [1.29, 1.82) is 0 Å². The molecular formula is C13H18N4. The Morgan fingerprint density at radius 1 is 1.29 bits per heavy atom. The predicted octanol–water partition coefficient (Wildman–Crippen LogP) is 1.64. The Balaban J connectivity index is 2.27. The Morgan fingerprint density at radius 3 is 2.59 bits per heavy atom. The molecule has 1 atom stereocenters. The van der Waals surface area contributed by atoms with Crippen molar-refractivity contribution in [3.63, 3.8) is 0 Å². The van der Waals surface area contributed by atoms with Crippen LogP contribution in [0.15, 0.2) is 36.5 Å². The molecular weight excluding hydrogens is 212 g/mol. The number of rotatable bonds is 4. The normalized spacial score (nSPS) is 12.9. The zero-order valence-electron chi connectivity index (χ0n) is 10.2. The second-order valence-electron chi connectivity index (χ2n) is 4.27. The van der Waals surface area contributed by atoms with Gasteiger partial charge in [-0.05, 0) is 14.1 Å². The number of benzene rings is 1. The number of nitrogens with zero attached hydrogens (tertiary/aromatic N) is 2. The number of hydrogen-bond donors (Lipinski definition) is 2. The molecule has 0 aliphatic rings. The predicted molar refractivity (Wildman–Crippen MR) is 69.5 cm³/mol. The van der Waals surface area contributed by atoms with Crippen LogP contribution in [0.4, 0.5) is 0 Å². The van der Waals surface area contributed by atoms with Crippen LogP contribution in [0.25, 0.3) is 11.4 Å². The first-order valence-electron chi connectivity index (χ1n) is 5.69. The van der Waals surface area contributed by atoms with Crippen LogP contribution in [0.3, 0.4) is 0 Å². The lowest BCUT2D eigenvalue weighted by molar-refractivity contribution is 0.301. The summed E-state index contributed by atoms with van der Waals surface area (Å²) in [4.78, 5) is 9.81. The smallest absolute Gasteiger partial charge is 0.137 e. The van der Waals surface area contributed by atoms with E-state index in [1.165, 1.54) is 0 Å². The number of likely N-dealkylation sites (N-methyl/N-ethyl adjacent to an activating group) is 1. The molecule has 2 rings (SSSR count). The highest BCUT2D eigenvalue weighted by atomic mass is 15.1. The Hall–Kier alpha value is -1.65.